The third-order valence-electron chi connectivity index (χ3n) is 8.17. The number of aromatic amines is 1. The van der Waals surface area contributed by atoms with Gasteiger partial charge in [-0.25, -0.2) is 4.79 Å². The van der Waals surface area contributed by atoms with E-state index < -0.39 is 0 Å². The minimum atomic E-state index is -0.308. The fraction of sp³-hybridized carbons (Fsp3) is 0.273. The van der Waals surface area contributed by atoms with E-state index in [1.54, 1.807) is 20.3 Å². The van der Waals surface area contributed by atoms with Crippen molar-refractivity contribution in [1.29, 1.82) is 0 Å². The number of fused-ring (bicyclic) bond motifs is 6. The van der Waals surface area contributed by atoms with E-state index >= 15 is 0 Å². The molecule has 0 bridgehead atoms. The minimum Gasteiger partial charge on any atom is -0.493 e. The standard InChI is InChI=1S/C33H30N2O6/c1-4-39-33(36)20-6-9-27-24(13-20)21(16-34-27)5-7-23-22-8-10-28(37-2)32(38-3)26(22)17-35-12-11-19-14-29-30(41-18-40-29)15-25(19)31(23)35/h6,8-10,13-17H,4-5,7,11-12,18H2,1-3H3/p+1. The Morgan fingerprint density at radius 3 is 2.63 bits per heavy atom. The van der Waals surface area contributed by atoms with Gasteiger partial charge in [0.1, 0.15) is 0 Å². The van der Waals surface area contributed by atoms with Crippen LogP contribution < -0.4 is 23.5 Å². The average molecular weight is 552 g/mol. The van der Waals surface area contributed by atoms with E-state index in [1.807, 2.05) is 31.3 Å². The predicted molar refractivity (Wildman–Crippen MR) is 154 cm³/mol. The first-order chi connectivity index (χ1) is 20.1. The number of nitrogens with zero attached hydrogens (tertiary/aromatic N) is 1. The summed E-state index contributed by atoms with van der Waals surface area (Å²) in [5.74, 6) is 2.71. The van der Waals surface area contributed by atoms with Crippen molar-refractivity contribution in [3.8, 4) is 34.3 Å². The molecule has 0 saturated heterocycles. The third-order valence-corrected chi connectivity index (χ3v) is 8.17. The molecule has 0 fully saturated rings. The van der Waals surface area contributed by atoms with Gasteiger partial charge in [0, 0.05) is 34.5 Å². The molecule has 1 N–H and O–H groups in total. The van der Waals surface area contributed by atoms with Crippen molar-refractivity contribution < 1.29 is 33.0 Å². The van der Waals surface area contributed by atoms with E-state index in [-0.39, 0.29) is 12.8 Å². The second-order valence-electron chi connectivity index (χ2n) is 10.3. The van der Waals surface area contributed by atoms with Crippen molar-refractivity contribution in [2.75, 3.05) is 27.6 Å². The van der Waals surface area contributed by atoms with E-state index in [9.17, 15) is 4.79 Å². The molecule has 8 nitrogen and oxygen atoms in total. The van der Waals surface area contributed by atoms with Crippen molar-refractivity contribution in [3.63, 3.8) is 0 Å². The van der Waals surface area contributed by atoms with Gasteiger partial charge in [0.2, 0.25) is 12.5 Å². The Morgan fingerprint density at radius 1 is 0.976 bits per heavy atom. The summed E-state index contributed by atoms with van der Waals surface area (Å²) in [4.78, 5) is 15.8. The number of pyridine rings is 1. The lowest BCUT2D eigenvalue weighted by atomic mass is 9.88. The van der Waals surface area contributed by atoms with Crippen molar-refractivity contribution >= 4 is 27.6 Å². The number of hydrogen-bond acceptors (Lipinski definition) is 6. The second kappa shape index (κ2) is 10.0. The number of H-pyrrole nitrogens is 1. The van der Waals surface area contributed by atoms with Gasteiger partial charge >= 0.3 is 5.97 Å². The van der Waals surface area contributed by atoms with Gasteiger partial charge in [-0.3, -0.25) is 0 Å². The summed E-state index contributed by atoms with van der Waals surface area (Å²) >= 11 is 0. The van der Waals surface area contributed by atoms with Gasteiger partial charge in [0.25, 0.3) is 0 Å². The summed E-state index contributed by atoms with van der Waals surface area (Å²) in [6.45, 7) is 3.24. The Hall–Kier alpha value is -4.72. The second-order valence-corrected chi connectivity index (χ2v) is 10.3. The maximum atomic E-state index is 12.4. The Bertz CT molecular complexity index is 1840. The topological polar surface area (TPSA) is 82.9 Å². The van der Waals surface area contributed by atoms with Crippen molar-refractivity contribution in [2.45, 2.75) is 32.7 Å². The Kier molecular flexibility index (Phi) is 6.18. The maximum absolute atomic E-state index is 12.4. The number of ether oxygens (including phenoxy) is 5. The van der Waals surface area contributed by atoms with Gasteiger partial charge in [-0.1, -0.05) is 0 Å². The fourth-order valence-corrected chi connectivity index (χ4v) is 6.25. The van der Waals surface area contributed by atoms with Crippen molar-refractivity contribution in [1.82, 2.24) is 4.98 Å². The number of aromatic nitrogens is 2. The van der Waals surface area contributed by atoms with Crippen molar-refractivity contribution in [3.05, 3.63) is 77.1 Å². The van der Waals surface area contributed by atoms with Gasteiger partial charge in [-0.05, 0) is 73.4 Å². The first kappa shape index (κ1) is 25.3. The van der Waals surface area contributed by atoms with Crippen LogP contribution in [0.1, 0.15) is 34.0 Å². The lowest BCUT2D eigenvalue weighted by Crippen LogP contribution is -2.41. The average Bonchev–Trinajstić information content (AvgIpc) is 3.63. The molecule has 41 heavy (non-hydrogen) atoms. The molecule has 0 amide bonds. The van der Waals surface area contributed by atoms with Crippen LogP contribution in [0, 0.1) is 0 Å². The largest absolute Gasteiger partial charge is 0.493 e. The van der Waals surface area contributed by atoms with Crippen LogP contribution in [0.5, 0.6) is 23.0 Å². The van der Waals surface area contributed by atoms with Crippen LogP contribution in [0.4, 0.5) is 0 Å². The zero-order valence-electron chi connectivity index (χ0n) is 23.3. The molecule has 0 atom stereocenters. The fourth-order valence-electron chi connectivity index (χ4n) is 6.25. The van der Waals surface area contributed by atoms with Crippen LogP contribution in [-0.2, 0) is 30.5 Å². The van der Waals surface area contributed by atoms with E-state index in [1.165, 1.54) is 16.8 Å². The first-order valence-corrected chi connectivity index (χ1v) is 13.9. The first-order valence-electron chi connectivity index (χ1n) is 13.9. The van der Waals surface area contributed by atoms with Gasteiger partial charge in [0.05, 0.1) is 37.3 Å². The van der Waals surface area contributed by atoms with E-state index in [4.69, 9.17) is 23.7 Å². The van der Waals surface area contributed by atoms with Crippen LogP contribution >= 0.6 is 0 Å². The summed E-state index contributed by atoms with van der Waals surface area (Å²) in [6, 6.07) is 14.0. The monoisotopic (exact) mass is 551 g/mol. The maximum Gasteiger partial charge on any atom is 0.338 e. The molecule has 2 aromatic heterocycles. The van der Waals surface area contributed by atoms with Crippen LogP contribution in [0.3, 0.4) is 0 Å². The number of carbonyl (C=O) groups excluding carboxylic acids is 1. The lowest BCUT2D eigenvalue weighted by molar-refractivity contribution is -0.686. The normalized spacial score (nSPS) is 13.2. The molecule has 2 aliphatic rings. The predicted octanol–water partition coefficient (Wildman–Crippen LogP) is 5.54. The number of methoxy groups -OCH3 is 2. The van der Waals surface area contributed by atoms with E-state index in [2.05, 4.69) is 33.9 Å². The van der Waals surface area contributed by atoms with Crippen LogP contribution in [-0.4, -0.2) is 38.6 Å². The van der Waals surface area contributed by atoms with E-state index in [0.29, 0.717) is 17.9 Å². The Balaban J connectivity index is 1.38. The molecule has 7 rings (SSSR count). The number of hydrogen-bond donors (Lipinski definition) is 1. The smallest absolute Gasteiger partial charge is 0.338 e. The number of carbonyl (C=O) groups is 1. The molecule has 3 aromatic carbocycles. The molecule has 0 saturated carbocycles. The molecular formula is C33H31N2O6+. The number of rotatable bonds is 7. The lowest BCUT2D eigenvalue weighted by Gasteiger charge is -2.21. The summed E-state index contributed by atoms with van der Waals surface area (Å²) in [7, 11) is 3.35. The van der Waals surface area contributed by atoms with Crippen LogP contribution in [0.2, 0.25) is 0 Å². The zero-order chi connectivity index (χ0) is 28.1. The molecule has 8 heteroatoms. The van der Waals surface area contributed by atoms with Gasteiger partial charge in [-0.15, -0.1) is 0 Å². The molecule has 0 spiro atoms. The summed E-state index contributed by atoms with van der Waals surface area (Å²) in [5.41, 5.74) is 7.50. The molecule has 208 valence electrons. The number of benzene rings is 3. The van der Waals surface area contributed by atoms with Crippen LogP contribution in [0.25, 0.3) is 32.9 Å². The highest BCUT2D eigenvalue weighted by Crippen LogP contribution is 2.44. The Labute approximate surface area is 237 Å². The van der Waals surface area contributed by atoms with Crippen molar-refractivity contribution in [2.24, 2.45) is 0 Å². The summed E-state index contributed by atoms with van der Waals surface area (Å²) in [5, 5.41) is 3.16. The number of esters is 1. The number of aryl methyl sites for hydroxylation is 4. The zero-order valence-corrected chi connectivity index (χ0v) is 23.3. The highest BCUT2D eigenvalue weighted by molar-refractivity contribution is 5.97. The summed E-state index contributed by atoms with van der Waals surface area (Å²) in [6.07, 6.45) is 6.65. The molecule has 0 unspecified atom stereocenters. The Morgan fingerprint density at radius 2 is 1.83 bits per heavy atom. The molecule has 0 aliphatic carbocycles. The SMILES string of the molecule is CCOC(=O)c1ccc2[nH]cc(CCc3c4[n+](cc5c(OC)c(OC)ccc35)CCc3cc5c(cc3-4)OCO5)c2c1. The van der Waals surface area contributed by atoms with Crippen LogP contribution in [0.15, 0.2) is 54.9 Å². The third kappa shape index (κ3) is 4.13. The number of nitrogens with one attached hydrogen (secondary N) is 1. The molecule has 4 heterocycles. The molecular weight excluding hydrogens is 520 g/mol. The highest BCUT2D eigenvalue weighted by atomic mass is 16.7. The van der Waals surface area contributed by atoms with Gasteiger partial charge < -0.3 is 28.7 Å². The highest BCUT2D eigenvalue weighted by Gasteiger charge is 2.32. The van der Waals surface area contributed by atoms with Gasteiger partial charge in [0.15, 0.2) is 35.7 Å². The van der Waals surface area contributed by atoms with Gasteiger partial charge in [-0.2, -0.15) is 4.57 Å². The molecule has 5 aromatic rings. The quantitative estimate of drug-likeness (QED) is 0.211. The summed E-state index contributed by atoms with van der Waals surface area (Å²) < 4.78 is 30.6. The molecule has 0 radical (unpaired) electrons. The molecule has 2 aliphatic heterocycles. The minimum absolute atomic E-state index is 0.244. The van der Waals surface area contributed by atoms with E-state index in [0.717, 1.165) is 75.9 Å².